The van der Waals surface area contributed by atoms with E-state index in [9.17, 15) is 9.59 Å². The van der Waals surface area contributed by atoms with Crippen LogP contribution in [0.1, 0.15) is 52.9 Å². The van der Waals surface area contributed by atoms with Gasteiger partial charge in [0, 0.05) is 24.4 Å². The average Bonchev–Trinajstić information content (AvgIpc) is 2.38. The predicted octanol–water partition coefficient (Wildman–Crippen LogP) is 2.15. The van der Waals surface area contributed by atoms with Crippen molar-refractivity contribution in [2.45, 2.75) is 65.0 Å². The monoisotopic (exact) mass is 266 g/mol. The molecule has 0 saturated heterocycles. The molecule has 0 saturated carbocycles. The van der Waals surface area contributed by atoms with Gasteiger partial charge in [-0.25, -0.2) is 0 Å². The van der Waals surface area contributed by atoms with Gasteiger partial charge in [-0.1, -0.05) is 32.9 Å². The third kappa shape index (κ3) is 5.45. The second-order valence-electron chi connectivity index (χ2n) is 5.33. The van der Waals surface area contributed by atoms with Gasteiger partial charge >= 0.3 is 0 Å². The van der Waals surface area contributed by atoms with Gasteiger partial charge in [-0.2, -0.15) is 0 Å². The summed E-state index contributed by atoms with van der Waals surface area (Å²) in [7, 11) is 0. The van der Waals surface area contributed by atoms with Gasteiger partial charge in [0.1, 0.15) is 0 Å². The van der Waals surface area contributed by atoms with Crippen LogP contribution in [0.2, 0.25) is 0 Å². The van der Waals surface area contributed by atoms with Crippen LogP contribution in [0, 0.1) is 5.92 Å². The van der Waals surface area contributed by atoms with E-state index in [2.05, 4.69) is 36.6 Å². The first kappa shape index (κ1) is 15.7. The van der Waals surface area contributed by atoms with Crippen LogP contribution in [0.5, 0.6) is 0 Å². The molecule has 4 nitrogen and oxygen atoms in total. The van der Waals surface area contributed by atoms with Gasteiger partial charge in [-0.15, -0.1) is 0 Å². The third-order valence-corrected chi connectivity index (χ3v) is 3.64. The van der Waals surface area contributed by atoms with E-state index in [-0.39, 0.29) is 36.2 Å². The van der Waals surface area contributed by atoms with Crippen molar-refractivity contribution in [1.82, 2.24) is 10.6 Å². The summed E-state index contributed by atoms with van der Waals surface area (Å²) in [6, 6.07) is 0.354. The van der Waals surface area contributed by atoms with Crippen molar-refractivity contribution in [3.63, 3.8) is 0 Å². The standard InChI is InChI=1S/C15H26N2O2/c1-4-12-8-6-7-9-13(5-2)17-15(19)11(3)10-14(18)16-12/h6-7,11-13H,4-5,8-10H2,1-3H3,(H,16,18)(H,17,19)/b7-6-/t11-,12+,13-/m0/s1. The minimum absolute atomic E-state index is 0.0241. The molecule has 19 heavy (non-hydrogen) atoms. The molecular weight excluding hydrogens is 240 g/mol. The van der Waals surface area contributed by atoms with E-state index in [1.807, 2.05) is 6.92 Å². The number of carbonyl (C=O) groups is 2. The molecule has 108 valence electrons. The summed E-state index contributed by atoms with van der Waals surface area (Å²) in [5.41, 5.74) is 0. The van der Waals surface area contributed by atoms with Crippen molar-refractivity contribution < 1.29 is 9.59 Å². The first-order chi connectivity index (χ1) is 9.06. The molecule has 1 aliphatic heterocycles. The van der Waals surface area contributed by atoms with Gasteiger partial charge in [0.15, 0.2) is 0 Å². The molecule has 1 aliphatic rings. The van der Waals surface area contributed by atoms with Crippen molar-refractivity contribution in [3.05, 3.63) is 12.2 Å². The second kappa shape index (κ2) is 7.97. The summed E-state index contributed by atoms with van der Waals surface area (Å²) in [4.78, 5) is 23.8. The van der Waals surface area contributed by atoms with Gasteiger partial charge in [0.05, 0.1) is 0 Å². The van der Waals surface area contributed by atoms with Crippen LogP contribution >= 0.6 is 0 Å². The summed E-state index contributed by atoms with van der Waals surface area (Å²) in [5.74, 6) is -0.324. The fraction of sp³-hybridized carbons (Fsp3) is 0.733. The highest BCUT2D eigenvalue weighted by Gasteiger charge is 2.20. The lowest BCUT2D eigenvalue weighted by atomic mass is 10.0. The van der Waals surface area contributed by atoms with Crippen molar-refractivity contribution in [2.75, 3.05) is 0 Å². The molecule has 0 spiro atoms. The molecule has 0 bridgehead atoms. The molecule has 0 unspecified atom stereocenters. The molecule has 0 aromatic carbocycles. The maximum absolute atomic E-state index is 12.0. The molecule has 0 aromatic heterocycles. The van der Waals surface area contributed by atoms with Crippen molar-refractivity contribution in [1.29, 1.82) is 0 Å². The zero-order chi connectivity index (χ0) is 14.3. The highest BCUT2D eigenvalue weighted by Crippen LogP contribution is 2.09. The van der Waals surface area contributed by atoms with Crippen LogP contribution in [0.4, 0.5) is 0 Å². The minimum Gasteiger partial charge on any atom is -0.353 e. The molecule has 4 heteroatoms. The van der Waals surface area contributed by atoms with Gasteiger partial charge < -0.3 is 10.6 Å². The molecule has 1 heterocycles. The summed E-state index contributed by atoms with van der Waals surface area (Å²) in [5, 5.41) is 6.00. The third-order valence-electron chi connectivity index (χ3n) is 3.64. The van der Waals surface area contributed by atoms with E-state index in [1.54, 1.807) is 0 Å². The van der Waals surface area contributed by atoms with E-state index < -0.39 is 0 Å². The second-order valence-corrected chi connectivity index (χ2v) is 5.33. The molecule has 2 amide bonds. The van der Waals surface area contributed by atoms with Crippen molar-refractivity contribution in [3.8, 4) is 0 Å². The largest absolute Gasteiger partial charge is 0.353 e. The normalized spacial score (nSPS) is 31.6. The topological polar surface area (TPSA) is 58.2 Å². The molecular formula is C15H26N2O2. The number of hydrogen-bond donors (Lipinski definition) is 2. The number of nitrogens with one attached hydrogen (secondary N) is 2. The van der Waals surface area contributed by atoms with Crippen LogP contribution in [0.15, 0.2) is 12.2 Å². The van der Waals surface area contributed by atoms with E-state index >= 15 is 0 Å². The lowest BCUT2D eigenvalue weighted by molar-refractivity contribution is -0.130. The Bertz CT molecular complexity index is 339. The fourth-order valence-corrected chi connectivity index (χ4v) is 2.18. The molecule has 0 fully saturated rings. The lowest BCUT2D eigenvalue weighted by Gasteiger charge is -2.21. The Hall–Kier alpha value is -1.32. The van der Waals surface area contributed by atoms with Crippen LogP contribution in [-0.2, 0) is 9.59 Å². The first-order valence-corrected chi connectivity index (χ1v) is 7.31. The molecule has 3 atom stereocenters. The van der Waals surface area contributed by atoms with Gasteiger partial charge in [-0.05, 0) is 25.7 Å². The zero-order valence-corrected chi connectivity index (χ0v) is 12.2. The van der Waals surface area contributed by atoms with Gasteiger partial charge in [0.2, 0.25) is 11.8 Å². The summed E-state index contributed by atoms with van der Waals surface area (Å²) >= 11 is 0. The summed E-state index contributed by atoms with van der Waals surface area (Å²) < 4.78 is 0. The SMILES string of the molecule is CC[C@@H]1C/C=C\C[C@H](CC)NC(=O)[C@@H](C)CC(=O)N1. The summed E-state index contributed by atoms with van der Waals surface area (Å²) in [6.07, 6.45) is 8.02. The average molecular weight is 266 g/mol. The van der Waals surface area contributed by atoms with Gasteiger partial charge in [-0.3, -0.25) is 9.59 Å². The Kier molecular flexibility index (Phi) is 6.60. The Morgan fingerprint density at radius 1 is 1.05 bits per heavy atom. The van der Waals surface area contributed by atoms with Crippen molar-refractivity contribution in [2.24, 2.45) is 5.92 Å². The predicted molar refractivity (Wildman–Crippen MR) is 76.6 cm³/mol. The van der Waals surface area contributed by atoms with Crippen LogP contribution in [0.25, 0.3) is 0 Å². The van der Waals surface area contributed by atoms with Crippen LogP contribution in [-0.4, -0.2) is 23.9 Å². The molecule has 2 N–H and O–H groups in total. The Labute approximate surface area is 116 Å². The lowest BCUT2D eigenvalue weighted by Crippen LogP contribution is -2.41. The molecule has 0 aromatic rings. The maximum atomic E-state index is 12.0. The smallest absolute Gasteiger partial charge is 0.223 e. The molecule has 0 radical (unpaired) electrons. The Balaban J connectivity index is 2.76. The molecule has 0 aliphatic carbocycles. The van der Waals surface area contributed by atoms with Crippen LogP contribution in [0.3, 0.4) is 0 Å². The van der Waals surface area contributed by atoms with E-state index in [1.165, 1.54) is 0 Å². The van der Waals surface area contributed by atoms with Crippen molar-refractivity contribution >= 4 is 11.8 Å². The quantitative estimate of drug-likeness (QED) is 0.752. The van der Waals surface area contributed by atoms with Gasteiger partial charge in [0.25, 0.3) is 0 Å². The Morgan fingerprint density at radius 3 is 2.11 bits per heavy atom. The fourth-order valence-electron chi connectivity index (χ4n) is 2.18. The van der Waals surface area contributed by atoms with E-state index in [0.717, 1.165) is 25.7 Å². The van der Waals surface area contributed by atoms with E-state index in [0.29, 0.717) is 0 Å². The number of amides is 2. The Morgan fingerprint density at radius 2 is 1.58 bits per heavy atom. The van der Waals surface area contributed by atoms with Crippen LogP contribution < -0.4 is 10.6 Å². The zero-order valence-electron chi connectivity index (χ0n) is 12.2. The number of rotatable bonds is 2. The summed E-state index contributed by atoms with van der Waals surface area (Å²) in [6.45, 7) is 5.94. The highest BCUT2D eigenvalue weighted by molar-refractivity contribution is 5.85. The maximum Gasteiger partial charge on any atom is 0.223 e. The number of carbonyl (C=O) groups excluding carboxylic acids is 2. The first-order valence-electron chi connectivity index (χ1n) is 7.31. The molecule has 1 rings (SSSR count). The highest BCUT2D eigenvalue weighted by atomic mass is 16.2. The number of hydrogen-bond acceptors (Lipinski definition) is 2. The van der Waals surface area contributed by atoms with E-state index in [4.69, 9.17) is 0 Å². The minimum atomic E-state index is -0.269.